The van der Waals surface area contributed by atoms with E-state index >= 15 is 0 Å². The second kappa shape index (κ2) is 5.37. The molecule has 0 spiro atoms. The van der Waals surface area contributed by atoms with Crippen molar-refractivity contribution < 1.29 is 9.15 Å². The van der Waals surface area contributed by atoms with Crippen molar-refractivity contribution in [3.8, 4) is 5.75 Å². The molecular formula is C18H18N2O2. The fraction of sp³-hybridized carbons (Fsp3) is 0.278. The number of nitrogens with zero attached hydrogens (tertiary/aromatic N) is 1. The molecule has 1 N–H and O–H groups in total. The highest BCUT2D eigenvalue weighted by molar-refractivity contribution is 5.74. The maximum atomic E-state index is 5.72. The van der Waals surface area contributed by atoms with E-state index in [9.17, 15) is 0 Å². The molecule has 0 amide bonds. The number of fused-ring (bicyclic) bond motifs is 1. The van der Waals surface area contributed by atoms with Gasteiger partial charge in [0.15, 0.2) is 5.58 Å². The van der Waals surface area contributed by atoms with Crippen LogP contribution in [0.4, 0.5) is 6.01 Å². The average Bonchev–Trinajstić information content (AvgIpc) is 3.17. The number of ether oxygens (including phenoxy) is 1. The Labute approximate surface area is 129 Å². The molecule has 2 aromatic carbocycles. The molecule has 112 valence electrons. The van der Waals surface area contributed by atoms with Gasteiger partial charge in [-0.15, -0.1) is 0 Å². The predicted octanol–water partition coefficient (Wildman–Crippen LogP) is 4.19. The first-order valence-corrected chi connectivity index (χ1v) is 7.68. The quantitative estimate of drug-likeness (QED) is 0.766. The zero-order chi connectivity index (χ0) is 14.9. The third-order valence-corrected chi connectivity index (χ3v) is 3.99. The fourth-order valence-electron chi connectivity index (χ4n) is 2.82. The van der Waals surface area contributed by atoms with Crippen molar-refractivity contribution in [2.45, 2.75) is 25.3 Å². The summed E-state index contributed by atoms with van der Waals surface area (Å²) in [5.74, 6) is 1.43. The standard InChI is InChI=1S/C18H18N2O2/c1-2-21-13-7-5-6-12(10-13)14-11-16(14)20-18-19-15-8-3-4-9-17(15)22-18/h3-10,14,16H,2,11H2,1H3,(H,19,20)/t14-,16+/m0/s1. The maximum Gasteiger partial charge on any atom is 0.295 e. The molecule has 1 aliphatic rings. The van der Waals surface area contributed by atoms with Gasteiger partial charge in [-0.1, -0.05) is 24.3 Å². The van der Waals surface area contributed by atoms with Crippen molar-refractivity contribution in [3.05, 3.63) is 54.1 Å². The molecule has 4 heteroatoms. The highest BCUT2D eigenvalue weighted by Crippen LogP contribution is 2.43. The van der Waals surface area contributed by atoms with E-state index < -0.39 is 0 Å². The summed E-state index contributed by atoms with van der Waals surface area (Å²) in [7, 11) is 0. The highest BCUT2D eigenvalue weighted by atomic mass is 16.5. The summed E-state index contributed by atoms with van der Waals surface area (Å²) in [5.41, 5.74) is 3.01. The van der Waals surface area contributed by atoms with E-state index in [1.165, 1.54) is 5.56 Å². The molecule has 0 bridgehead atoms. The Hall–Kier alpha value is -2.49. The van der Waals surface area contributed by atoms with Gasteiger partial charge in [-0.25, -0.2) is 0 Å². The number of anilines is 1. The molecule has 22 heavy (non-hydrogen) atoms. The van der Waals surface area contributed by atoms with E-state index in [-0.39, 0.29) is 0 Å². The molecule has 4 rings (SSSR count). The Kier molecular flexibility index (Phi) is 3.22. The minimum absolute atomic E-state index is 0.380. The molecule has 0 aliphatic heterocycles. The van der Waals surface area contributed by atoms with Crippen LogP contribution in [0.3, 0.4) is 0 Å². The van der Waals surface area contributed by atoms with Crippen LogP contribution in [0.1, 0.15) is 24.8 Å². The number of hydrogen-bond acceptors (Lipinski definition) is 4. The first-order valence-electron chi connectivity index (χ1n) is 7.68. The maximum absolute atomic E-state index is 5.72. The second-order valence-corrected chi connectivity index (χ2v) is 5.59. The normalized spacial score (nSPS) is 20.0. The van der Waals surface area contributed by atoms with Crippen molar-refractivity contribution in [1.82, 2.24) is 4.98 Å². The second-order valence-electron chi connectivity index (χ2n) is 5.59. The minimum atomic E-state index is 0.380. The van der Waals surface area contributed by atoms with Crippen molar-refractivity contribution in [3.63, 3.8) is 0 Å². The van der Waals surface area contributed by atoms with E-state index in [1.54, 1.807) is 0 Å². The lowest BCUT2D eigenvalue weighted by molar-refractivity contribution is 0.340. The van der Waals surface area contributed by atoms with Gasteiger partial charge in [0.25, 0.3) is 6.01 Å². The Morgan fingerprint density at radius 2 is 2.14 bits per heavy atom. The molecule has 0 unspecified atom stereocenters. The highest BCUT2D eigenvalue weighted by Gasteiger charge is 2.39. The monoisotopic (exact) mass is 294 g/mol. The summed E-state index contributed by atoms with van der Waals surface area (Å²) in [4.78, 5) is 4.47. The Morgan fingerprint density at radius 1 is 1.23 bits per heavy atom. The zero-order valence-electron chi connectivity index (χ0n) is 12.5. The SMILES string of the molecule is CCOc1cccc([C@@H]2C[C@H]2Nc2nc3ccccc3o2)c1. The van der Waals surface area contributed by atoms with Crippen molar-refractivity contribution in [2.24, 2.45) is 0 Å². The molecule has 1 aliphatic carbocycles. The van der Waals surface area contributed by atoms with Crippen LogP contribution in [0.15, 0.2) is 52.9 Å². The first-order chi connectivity index (χ1) is 10.8. The summed E-state index contributed by atoms with van der Waals surface area (Å²) in [6.07, 6.45) is 1.09. The predicted molar refractivity (Wildman–Crippen MR) is 86.4 cm³/mol. The molecule has 1 fully saturated rings. The lowest BCUT2D eigenvalue weighted by Crippen LogP contribution is -2.04. The van der Waals surface area contributed by atoms with Crippen molar-refractivity contribution in [1.29, 1.82) is 0 Å². The smallest absolute Gasteiger partial charge is 0.295 e. The van der Waals surface area contributed by atoms with Crippen LogP contribution >= 0.6 is 0 Å². The number of nitrogens with one attached hydrogen (secondary N) is 1. The van der Waals surface area contributed by atoms with E-state index in [2.05, 4.69) is 28.5 Å². The van der Waals surface area contributed by atoms with Gasteiger partial charge in [-0.3, -0.25) is 0 Å². The number of rotatable bonds is 5. The molecule has 2 atom stereocenters. The van der Waals surface area contributed by atoms with Gasteiger partial charge < -0.3 is 14.5 Å². The number of para-hydroxylation sites is 2. The molecule has 1 saturated carbocycles. The molecule has 0 saturated heterocycles. The van der Waals surface area contributed by atoms with Crippen LogP contribution in [0.2, 0.25) is 0 Å². The van der Waals surface area contributed by atoms with Crippen LogP contribution in [-0.4, -0.2) is 17.6 Å². The van der Waals surface area contributed by atoms with Crippen LogP contribution in [0, 0.1) is 0 Å². The van der Waals surface area contributed by atoms with Gasteiger partial charge in [0.2, 0.25) is 0 Å². The third-order valence-electron chi connectivity index (χ3n) is 3.99. The van der Waals surface area contributed by atoms with Crippen molar-refractivity contribution >= 4 is 17.1 Å². The van der Waals surface area contributed by atoms with Gasteiger partial charge in [0, 0.05) is 12.0 Å². The van der Waals surface area contributed by atoms with E-state index in [4.69, 9.17) is 9.15 Å². The molecule has 3 aromatic rings. The Balaban J connectivity index is 1.46. The van der Waals surface area contributed by atoms with E-state index in [0.29, 0.717) is 24.6 Å². The third kappa shape index (κ3) is 2.52. The van der Waals surface area contributed by atoms with E-state index in [0.717, 1.165) is 23.3 Å². The lowest BCUT2D eigenvalue weighted by Gasteiger charge is -2.06. The molecular weight excluding hydrogens is 276 g/mol. The van der Waals surface area contributed by atoms with E-state index in [1.807, 2.05) is 37.3 Å². The van der Waals surface area contributed by atoms with Crippen LogP contribution in [-0.2, 0) is 0 Å². The Morgan fingerprint density at radius 3 is 3.00 bits per heavy atom. The minimum Gasteiger partial charge on any atom is -0.494 e. The summed E-state index contributed by atoms with van der Waals surface area (Å²) in [6.45, 7) is 2.69. The van der Waals surface area contributed by atoms with Crippen LogP contribution in [0.5, 0.6) is 5.75 Å². The largest absolute Gasteiger partial charge is 0.494 e. The molecule has 0 radical (unpaired) electrons. The first kappa shape index (κ1) is 13.2. The lowest BCUT2D eigenvalue weighted by atomic mass is 10.1. The summed E-state index contributed by atoms with van der Waals surface area (Å²) >= 11 is 0. The van der Waals surface area contributed by atoms with Crippen LogP contribution in [0.25, 0.3) is 11.1 Å². The average molecular weight is 294 g/mol. The van der Waals surface area contributed by atoms with Gasteiger partial charge >= 0.3 is 0 Å². The molecule has 1 heterocycles. The van der Waals surface area contributed by atoms with Crippen molar-refractivity contribution in [2.75, 3.05) is 11.9 Å². The summed E-state index contributed by atoms with van der Waals surface area (Å²) in [6, 6.07) is 17.1. The summed E-state index contributed by atoms with van der Waals surface area (Å²) in [5, 5.41) is 3.39. The number of hydrogen-bond donors (Lipinski definition) is 1. The fourth-order valence-corrected chi connectivity index (χ4v) is 2.82. The number of oxazole rings is 1. The molecule has 1 aromatic heterocycles. The topological polar surface area (TPSA) is 47.3 Å². The number of benzene rings is 2. The van der Waals surface area contributed by atoms with Crippen LogP contribution < -0.4 is 10.1 Å². The molecule has 4 nitrogen and oxygen atoms in total. The van der Waals surface area contributed by atoms with Gasteiger partial charge in [0.05, 0.1) is 6.61 Å². The number of aromatic nitrogens is 1. The Bertz CT molecular complexity index is 763. The summed E-state index contributed by atoms with van der Waals surface area (Å²) < 4.78 is 11.3. The zero-order valence-corrected chi connectivity index (χ0v) is 12.5. The van der Waals surface area contributed by atoms with Gasteiger partial charge in [0.1, 0.15) is 11.3 Å². The van der Waals surface area contributed by atoms with Gasteiger partial charge in [-0.05, 0) is 43.2 Å². The van der Waals surface area contributed by atoms with Gasteiger partial charge in [-0.2, -0.15) is 4.98 Å².